The Hall–Kier alpha value is -6.14. The molecule has 2 fully saturated rings. The van der Waals surface area contributed by atoms with Crippen molar-refractivity contribution < 1.29 is 47.8 Å². The maximum Gasteiger partial charge on any atom is 0.338 e. The fraction of sp³-hybridized carbons (Fsp3) is 0.271. The number of carbonyl (C=O) groups excluding carboxylic acids is 1. The summed E-state index contributed by atoms with van der Waals surface area (Å²) in [5.41, 5.74) is 6.75. The number of esters is 1. The van der Waals surface area contributed by atoms with Crippen molar-refractivity contribution in [3.05, 3.63) is 232 Å². The Kier molecular flexibility index (Phi) is 18.6. The number of cyclic esters (lactones) is 1. The summed E-state index contributed by atoms with van der Waals surface area (Å²) < 4.78 is 49.2. The fourth-order valence-corrected chi connectivity index (χ4v) is 10.3. The molecule has 0 amide bonds. The van der Waals surface area contributed by atoms with Crippen LogP contribution in [-0.4, -0.2) is 77.1 Å². The second-order valence-electron chi connectivity index (χ2n) is 17.5. The van der Waals surface area contributed by atoms with Crippen molar-refractivity contribution >= 4 is 40.0 Å². The molecule has 1 N–H and O–H groups in total. The Bertz CT molecular complexity index is 2890. The number of hydrogen-bond donors (Lipinski definition) is 1. The Balaban J connectivity index is 0.000000188. The minimum Gasteiger partial charge on any atom is -0.455 e. The van der Waals surface area contributed by atoms with E-state index in [1.165, 1.54) is 29.4 Å². The maximum atomic E-state index is 12.6. The van der Waals surface area contributed by atoms with Crippen molar-refractivity contribution in [3.8, 4) is 0 Å². The minimum absolute atomic E-state index is 0.205. The van der Waals surface area contributed by atoms with Gasteiger partial charge >= 0.3 is 5.97 Å². The van der Waals surface area contributed by atoms with Gasteiger partial charge in [0.05, 0.1) is 63.2 Å². The number of fused-ring (bicyclic) bond motifs is 1. The number of ether oxygens (including phenoxy) is 8. The third-order valence-corrected chi connectivity index (χ3v) is 14.1. The Labute approximate surface area is 434 Å². The van der Waals surface area contributed by atoms with Crippen LogP contribution in [0.4, 0.5) is 0 Å². The molecular formula is C59H58N2O10S2. The standard InChI is InChI=1S/C33H32N2O5S2.C26H26O5/c1-41-32-26-21-42-31(28(26)34-22-35-32)33(36)30(39-19-25-15-9-4-10-16-25)29(38-18-24-13-7-3-8-14-24)27(40-33)20-37-17-23-11-5-2-6-12-23;27-26-25(30-18-22-14-8-3-9-15-22)24(29-17-21-12-6-2-7-13-21)23(31-26)19-28-16-20-10-4-1-5-11-20/h2-16,21-22,27,29-30,36H,17-20H2,1H3;1-15,23-25H,16-19H2/t27-,29-,30-,33?;23-,24-,25-/m11/s1. The molecular weight excluding hydrogens is 961 g/mol. The number of nitrogens with zero attached hydrogens (tertiary/aromatic N) is 2. The van der Waals surface area contributed by atoms with E-state index in [0.717, 1.165) is 43.8 Å². The first-order valence-corrected chi connectivity index (χ1v) is 26.3. The molecule has 0 aliphatic carbocycles. The molecule has 0 radical (unpaired) electrons. The molecule has 4 heterocycles. The van der Waals surface area contributed by atoms with E-state index in [0.29, 0.717) is 43.4 Å². The van der Waals surface area contributed by atoms with Gasteiger partial charge in [-0.25, -0.2) is 14.8 Å². The lowest BCUT2D eigenvalue weighted by Crippen LogP contribution is -2.44. The van der Waals surface area contributed by atoms with E-state index >= 15 is 0 Å². The van der Waals surface area contributed by atoms with Crippen molar-refractivity contribution in [3.63, 3.8) is 0 Å². The van der Waals surface area contributed by atoms with Gasteiger partial charge in [-0.1, -0.05) is 182 Å². The van der Waals surface area contributed by atoms with E-state index in [9.17, 15) is 9.90 Å². The molecule has 7 atom stereocenters. The summed E-state index contributed by atoms with van der Waals surface area (Å²) in [6.45, 7) is 2.57. The highest BCUT2D eigenvalue weighted by Gasteiger charge is 2.59. The van der Waals surface area contributed by atoms with Crippen molar-refractivity contribution in [1.82, 2.24) is 9.97 Å². The lowest BCUT2D eigenvalue weighted by molar-refractivity contribution is -0.250. The SMILES string of the molecule is CSc1ncnc2c(C3(O)O[C@H](COCc4ccccc4)[C@@H](OCc4ccccc4)[C@H]3OCc3ccccc3)scc12.O=C1O[C@H](COCc2ccccc2)[C@@H](OCc2ccccc2)[C@H]1OCc1ccccc1. The van der Waals surface area contributed by atoms with E-state index in [-0.39, 0.29) is 19.8 Å². The molecule has 14 heteroatoms. The second-order valence-corrected chi connectivity index (χ2v) is 19.2. The van der Waals surface area contributed by atoms with E-state index in [2.05, 4.69) is 9.97 Å². The zero-order chi connectivity index (χ0) is 50.1. The predicted octanol–water partition coefficient (Wildman–Crippen LogP) is 10.6. The normalized spacial score (nSPS) is 21.4. The number of thioether (sulfide) groups is 1. The smallest absolute Gasteiger partial charge is 0.338 e. The van der Waals surface area contributed by atoms with Crippen molar-refractivity contribution in [2.75, 3.05) is 19.5 Å². The molecule has 2 aliphatic heterocycles. The van der Waals surface area contributed by atoms with Crippen LogP contribution in [0, 0.1) is 0 Å². The third kappa shape index (κ3) is 13.7. The quantitative estimate of drug-likeness (QED) is 0.0392. The molecule has 2 saturated heterocycles. The van der Waals surface area contributed by atoms with Crippen LogP contribution in [0.25, 0.3) is 10.9 Å². The fourth-order valence-electron chi connectivity index (χ4n) is 8.64. The van der Waals surface area contributed by atoms with Crippen LogP contribution < -0.4 is 0 Å². The van der Waals surface area contributed by atoms with E-state index in [1.807, 2.05) is 194 Å². The van der Waals surface area contributed by atoms with Gasteiger partial charge in [0.1, 0.15) is 35.8 Å². The molecule has 12 nitrogen and oxygen atoms in total. The van der Waals surface area contributed by atoms with Gasteiger partial charge < -0.3 is 43.0 Å². The van der Waals surface area contributed by atoms with E-state index in [1.54, 1.807) is 0 Å². The summed E-state index contributed by atoms with van der Waals surface area (Å²) in [6, 6.07) is 59.3. The molecule has 376 valence electrons. The van der Waals surface area contributed by atoms with Gasteiger partial charge in [0.25, 0.3) is 0 Å². The molecule has 2 aromatic heterocycles. The Morgan fingerprint density at radius 2 is 0.973 bits per heavy atom. The largest absolute Gasteiger partial charge is 0.455 e. The molecule has 0 saturated carbocycles. The lowest BCUT2D eigenvalue weighted by Gasteiger charge is -2.30. The molecule has 2 aliphatic rings. The molecule has 6 aromatic carbocycles. The van der Waals surface area contributed by atoms with Crippen molar-refractivity contribution in [2.45, 2.75) is 87.1 Å². The summed E-state index contributed by atoms with van der Waals surface area (Å²) in [5, 5.41) is 16.1. The minimum atomic E-state index is -1.83. The molecule has 73 heavy (non-hydrogen) atoms. The summed E-state index contributed by atoms with van der Waals surface area (Å²) in [4.78, 5) is 22.1. The topological polar surface area (TPSA) is 137 Å². The van der Waals surface area contributed by atoms with Gasteiger partial charge in [-0.05, 0) is 39.6 Å². The number of aromatic nitrogens is 2. The van der Waals surface area contributed by atoms with E-state index < -0.39 is 48.4 Å². The Morgan fingerprint density at radius 3 is 1.45 bits per heavy atom. The highest BCUT2D eigenvalue weighted by Crippen LogP contribution is 2.47. The first-order valence-electron chi connectivity index (χ1n) is 24.2. The van der Waals surface area contributed by atoms with Crippen LogP contribution in [-0.2, 0) is 88.1 Å². The number of thiophene rings is 1. The number of aliphatic hydroxyl groups is 1. The number of carbonyl (C=O) groups is 1. The molecule has 0 spiro atoms. The number of rotatable bonds is 22. The summed E-state index contributed by atoms with van der Waals surface area (Å²) >= 11 is 2.92. The maximum absolute atomic E-state index is 12.6. The Morgan fingerprint density at radius 1 is 0.548 bits per heavy atom. The van der Waals surface area contributed by atoms with Gasteiger partial charge in [0.15, 0.2) is 12.2 Å². The summed E-state index contributed by atoms with van der Waals surface area (Å²) in [5.74, 6) is -2.24. The van der Waals surface area contributed by atoms with Gasteiger partial charge in [-0.3, -0.25) is 0 Å². The van der Waals surface area contributed by atoms with E-state index in [4.69, 9.17) is 37.9 Å². The van der Waals surface area contributed by atoms with Crippen LogP contribution >= 0.6 is 23.1 Å². The van der Waals surface area contributed by atoms with Crippen LogP contribution in [0.1, 0.15) is 38.3 Å². The van der Waals surface area contributed by atoms with Crippen LogP contribution in [0.5, 0.6) is 0 Å². The molecule has 1 unspecified atom stereocenters. The summed E-state index contributed by atoms with van der Waals surface area (Å²) in [7, 11) is 0. The second kappa shape index (κ2) is 26.2. The first-order chi connectivity index (χ1) is 35.9. The van der Waals surface area contributed by atoms with Gasteiger partial charge in [0, 0.05) is 10.8 Å². The summed E-state index contributed by atoms with van der Waals surface area (Å²) in [6.07, 6.45) is -0.481. The highest BCUT2D eigenvalue weighted by molar-refractivity contribution is 7.98. The number of hydrogen-bond acceptors (Lipinski definition) is 14. The molecule has 8 aromatic rings. The van der Waals surface area contributed by atoms with Crippen molar-refractivity contribution in [2.24, 2.45) is 0 Å². The monoisotopic (exact) mass is 1020 g/mol. The average Bonchev–Trinajstić information content (AvgIpc) is 4.10. The van der Waals surface area contributed by atoms with Crippen LogP contribution in [0.15, 0.2) is 199 Å². The van der Waals surface area contributed by atoms with Gasteiger partial charge in [0.2, 0.25) is 5.79 Å². The zero-order valence-corrected chi connectivity index (χ0v) is 42.1. The lowest BCUT2D eigenvalue weighted by atomic mass is 10.0. The third-order valence-electron chi connectivity index (χ3n) is 12.3. The zero-order valence-electron chi connectivity index (χ0n) is 40.4. The molecule has 0 bridgehead atoms. The molecule has 10 rings (SSSR count). The first kappa shape index (κ1) is 51.7. The van der Waals surface area contributed by atoms with Crippen molar-refractivity contribution in [1.29, 1.82) is 0 Å². The van der Waals surface area contributed by atoms with Crippen LogP contribution in [0.2, 0.25) is 0 Å². The highest BCUT2D eigenvalue weighted by atomic mass is 32.2. The van der Waals surface area contributed by atoms with Crippen LogP contribution in [0.3, 0.4) is 0 Å². The van der Waals surface area contributed by atoms with Gasteiger partial charge in [-0.15, -0.1) is 23.1 Å². The number of benzene rings is 6. The average molecular weight is 1020 g/mol. The van der Waals surface area contributed by atoms with Gasteiger partial charge in [-0.2, -0.15) is 0 Å². The predicted molar refractivity (Wildman–Crippen MR) is 280 cm³/mol.